The molecule has 1 atom stereocenters. The maximum Gasteiger partial charge on any atom is 0.178 e. The number of hydrogen-bond donors (Lipinski definition) is 2. The van der Waals surface area contributed by atoms with E-state index in [0.29, 0.717) is 13.0 Å². The summed E-state index contributed by atoms with van der Waals surface area (Å²) < 4.78 is 5.84. The van der Waals surface area contributed by atoms with Gasteiger partial charge in [0.1, 0.15) is 11.7 Å². The second-order valence-electron chi connectivity index (χ2n) is 5.53. The number of hydrogen-bond acceptors (Lipinski definition) is 5. The highest BCUT2D eigenvalue weighted by atomic mass is 16.5. The van der Waals surface area contributed by atoms with Crippen LogP contribution in [0.5, 0.6) is 0 Å². The van der Waals surface area contributed by atoms with Crippen molar-refractivity contribution in [2.24, 2.45) is 5.41 Å². The second-order valence-corrected chi connectivity index (χ2v) is 5.53. The largest absolute Gasteiger partial charge is 0.388 e. The van der Waals surface area contributed by atoms with Crippen molar-refractivity contribution in [1.29, 1.82) is 10.7 Å². The lowest BCUT2D eigenvalue weighted by molar-refractivity contribution is -0.127. The van der Waals surface area contributed by atoms with E-state index in [9.17, 15) is 4.79 Å². The van der Waals surface area contributed by atoms with Crippen molar-refractivity contribution >= 4 is 12.0 Å². The predicted octanol–water partition coefficient (Wildman–Crippen LogP) is 1.33. The zero-order chi connectivity index (χ0) is 14.3. The lowest BCUT2D eigenvalue weighted by atomic mass is 9.69. The second kappa shape index (κ2) is 4.32. The van der Waals surface area contributed by atoms with Gasteiger partial charge in [-0.1, -0.05) is 13.8 Å². The third kappa shape index (κ3) is 1.89. The van der Waals surface area contributed by atoms with Crippen molar-refractivity contribution in [1.82, 2.24) is 5.32 Å². The Kier molecular flexibility index (Phi) is 3.07. The standard InChI is InChI=1S/C14H17N3O2/c1-13(2)8-14(4-9(5-15)12(13)18)11(17-3)10(6-16)7-19-14/h4,6,16-17H,7-8H2,1-3H3. The molecule has 100 valence electrons. The van der Waals surface area contributed by atoms with Crippen molar-refractivity contribution in [3.8, 4) is 6.07 Å². The minimum absolute atomic E-state index is 0.134. The smallest absolute Gasteiger partial charge is 0.178 e. The Morgan fingerprint density at radius 1 is 1.58 bits per heavy atom. The number of nitrogens with one attached hydrogen (secondary N) is 2. The molecule has 1 heterocycles. The first-order valence-electron chi connectivity index (χ1n) is 6.14. The first-order chi connectivity index (χ1) is 8.90. The van der Waals surface area contributed by atoms with Gasteiger partial charge < -0.3 is 15.5 Å². The average molecular weight is 259 g/mol. The third-order valence-electron chi connectivity index (χ3n) is 3.72. The number of carbonyl (C=O) groups is 1. The van der Waals surface area contributed by atoms with E-state index in [0.717, 1.165) is 11.3 Å². The molecule has 5 heteroatoms. The zero-order valence-electron chi connectivity index (χ0n) is 11.3. The Balaban J connectivity index is 2.60. The van der Waals surface area contributed by atoms with Crippen molar-refractivity contribution in [3.05, 3.63) is 22.9 Å². The molecule has 5 nitrogen and oxygen atoms in total. The maximum absolute atomic E-state index is 12.1. The van der Waals surface area contributed by atoms with E-state index in [-0.39, 0.29) is 11.4 Å². The fourth-order valence-electron chi connectivity index (χ4n) is 2.90. The molecule has 2 aliphatic rings. The normalized spacial score (nSPS) is 29.2. The highest BCUT2D eigenvalue weighted by molar-refractivity contribution is 6.04. The van der Waals surface area contributed by atoms with E-state index >= 15 is 0 Å². The number of ether oxygens (including phenoxy) is 1. The molecular formula is C14H17N3O2. The molecule has 1 aliphatic carbocycles. The monoisotopic (exact) mass is 259 g/mol. The van der Waals surface area contributed by atoms with Crippen LogP contribution in [0.25, 0.3) is 0 Å². The van der Waals surface area contributed by atoms with Crippen LogP contribution >= 0.6 is 0 Å². The molecule has 1 spiro atoms. The van der Waals surface area contributed by atoms with E-state index in [1.165, 1.54) is 6.21 Å². The van der Waals surface area contributed by atoms with E-state index in [2.05, 4.69) is 5.32 Å². The van der Waals surface area contributed by atoms with Gasteiger partial charge in [-0.15, -0.1) is 0 Å². The van der Waals surface area contributed by atoms with Gasteiger partial charge in [0.05, 0.1) is 17.9 Å². The first kappa shape index (κ1) is 13.5. The Morgan fingerprint density at radius 3 is 2.79 bits per heavy atom. The fourth-order valence-corrected chi connectivity index (χ4v) is 2.90. The number of ketones is 1. The van der Waals surface area contributed by atoms with E-state index < -0.39 is 11.0 Å². The lowest BCUT2D eigenvalue weighted by Crippen LogP contribution is -2.46. The molecule has 19 heavy (non-hydrogen) atoms. The molecule has 0 bridgehead atoms. The van der Waals surface area contributed by atoms with Crippen LogP contribution in [0.3, 0.4) is 0 Å². The molecule has 2 rings (SSSR count). The Bertz CT molecular complexity index is 552. The maximum atomic E-state index is 12.1. The quantitative estimate of drug-likeness (QED) is 0.732. The van der Waals surface area contributed by atoms with Crippen LogP contribution in [0.15, 0.2) is 22.9 Å². The SMILES string of the molecule is CNC1=C(C=N)COC12C=C(C#N)C(=O)C(C)(C)C2. The number of Topliss-reactive ketones (excluding diaryl/α,β-unsaturated/α-hetero) is 1. The number of rotatable bonds is 2. The van der Waals surface area contributed by atoms with Gasteiger partial charge >= 0.3 is 0 Å². The van der Waals surface area contributed by atoms with E-state index in [1.807, 2.05) is 19.9 Å². The number of nitrogens with zero attached hydrogens (tertiary/aromatic N) is 1. The van der Waals surface area contributed by atoms with Crippen LogP contribution in [0.4, 0.5) is 0 Å². The van der Waals surface area contributed by atoms with Gasteiger partial charge in [-0.2, -0.15) is 5.26 Å². The molecule has 0 saturated heterocycles. The number of carbonyl (C=O) groups excluding carboxylic acids is 1. The topological polar surface area (TPSA) is 86.0 Å². The molecule has 1 aliphatic heterocycles. The van der Waals surface area contributed by atoms with Crippen LogP contribution in [-0.4, -0.2) is 31.3 Å². The summed E-state index contributed by atoms with van der Waals surface area (Å²) in [7, 11) is 1.76. The van der Waals surface area contributed by atoms with E-state index in [1.54, 1.807) is 13.1 Å². The number of likely N-dealkylation sites (N-methyl/N-ethyl adjacent to an activating group) is 1. The van der Waals surface area contributed by atoms with Crippen LogP contribution in [0.2, 0.25) is 0 Å². The molecule has 0 amide bonds. The van der Waals surface area contributed by atoms with Crippen LogP contribution in [-0.2, 0) is 9.53 Å². The zero-order valence-corrected chi connectivity index (χ0v) is 11.3. The van der Waals surface area contributed by atoms with Gasteiger partial charge in [-0.05, 0) is 12.5 Å². The minimum atomic E-state index is -0.788. The molecule has 0 aromatic heterocycles. The van der Waals surface area contributed by atoms with E-state index in [4.69, 9.17) is 15.4 Å². The summed E-state index contributed by atoms with van der Waals surface area (Å²) in [6, 6.07) is 1.96. The summed E-state index contributed by atoms with van der Waals surface area (Å²) in [6.07, 6.45) is 3.32. The highest BCUT2D eigenvalue weighted by Gasteiger charge is 2.50. The van der Waals surface area contributed by atoms with Crippen LogP contribution < -0.4 is 5.32 Å². The molecule has 0 saturated carbocycles. The molecule has 0 aromatic carbocycles. The van der Waals surface area contributed by atoms with Gasteiger partial charge in [-0.3, -0.25) is 4.79 Å². The summed E-state index contributed by atoms with van der Waals surface area (Å²) in [5.74, 6) is -0.150. The van der Waals surface area contributed by atoms with Crippen molar-refractivity contribution in [2.75, 3.05) is 13.7 Å². The summed E-state index contributed by atoms with van der Waals surface area (Å²) in [6.45, 7) is 3.96. The first-order valence-corrected chi connectivity index (χ1v) is 6.14. The summed E-state index contributed by atoms with van der Waals surface area (Å²) in [4.78, 5) is 12.1. The molecule has 0 aromatic rings. The molecule has 1 unspecified atom stereocenters. The van der Waals surface area contributed by atoms with Crippen molar-refractivity contribution in [2.45, 2.75) is 25.9 Å². The summed E-state index contributed by atoms with van der Waals surface area (Å²) in [5.41, 5.74) is 0.219. The molecule has 2 N–H and O–H groups in total. The third-order valence-corrected chi connectivity index (χ3v) is 3.72. The predicted molar refractivity (Wildman–Crippen MR) is 70.7 cm³/mol. The Labute approximate surface area is 112 Å². The lowest BCUT2D eigenvalue weighted by Gasteiger charge is -2.39. The van der Waals surface area contributed by atoms with Gasteiger partial charge in [-0.25, -0.2) is 0 Å². The van der Waals surface area contributed by atoms with Crippen LogP contribution in [0.1, 0.15) is 20.3 Å². The molecular weight excluding hydrogens is 242 g/mol. The molecule has 0 fully saturated rings. The van der Waals surface area contributed by atoms with Gasteiger partial charge in [0.15, 0.2) is 5.78 Å². The van der Waals surface area contributed by atoms with Crippen molar-refractivity contribution in [3.63, 3.8) is 0 Å². The summed E-state index contributed by atoms with van der Waals surface area (Å²) in [5, 5.41) is 19.6. The summed E-state index contributed by atoms with van der Waals surface area (Å²) >= 11 is 0. The molecule has 0 radical (unpaired) electrons. The van der Waals surface area contributed by atoms with Gasteiger partial charge in [0.2, 0.25) is 0 Å². The Morgan fingerprint density at radius 2 is 2.26 bits per heavy atom. The van der Waals surface area contributed by atoms with Crippen LogP contribution in [0, 0.1) is 22.2 Å². The number of allylic oxidation sites excluding steroid dienone is 1. The average Bonchev–Trinajstić information content (AvgIpc) is 2.70. The van der Waals surface area contributed by atoms with Gasteiger partial charge in [0.25, 0.3) is 0 Å². The minimum Gasteiger partial charge on any atom is -0.388 e. The fraction of sp³-hybridized carbons (Fsp3) is 0.500. The highest BCUT2D eigenvalue weighted by Crippen LogP contribution is 2.45. The Hall–Kier alpha value is -1.93. The van der Waals surface area contributed by atoms with Crippen molar-refractivity contribution < 1.29 is 9.53 Å². The number of nitriles is 1. The van der Waals surface area contributed by atoms with Gasteiger partial charge in [0, 0.05) is 24.3 Å².